The highest BCUT2D eigenvalue weighted by Crippen LogP contribution is 2.64. The molecule has 2 aliphatic carbocycles. The molecular formula is C44H39ClN2O8. The van der Waals surface area contributed by atoms with Gasteiger partial charge in [-0.1, -0.05) is 65.7 Å². The van der Waals surface area contributed by atoms with E-state index in [2.05, 4.69) is 0 Å². The van der Waals surface area contributed by atoms with Crippen molar-refractivity contribution in [3.05, 3.63) is 118 Å². The van der Waals surface area contributed by atoms with Crippen molar-refractivity contribution in [2.75, 3.05) is 31.1 Å². The average molecular weight is 759 g/mol. The zero-order chi connectivity index (χ0) is 38.8. The minimum Gasteiger partial charge on any atom is -0.503 e. The summed E-state index contributed by atoms with van der Waals surface area (Å²) in [5.41, 5.74) is 2.69. The zero-order valence-corrected chi connectivity index (χ0v) is 31.4. The molecule has 0 spiro atoms. The maximum absolute atomic E-state index is 14.7. The predicted octanol–water partition coefficient (Wildman–Crippen LogP) is 7.68. The third kappa shape index (κ3) is 5.61. The lowest BCUT2D eigenvalue weighted by molar-refractivity contribution is -0.131. The summed E-state index contributed by atoms with van der Waals surface area (Å²) < 4.78 is 16.3. The number of methoxy groups -OCH3 is 3. The van der Waals surface area contributed by atoms with Crippen LogP contribution in [0, 0.1) is 29.1 Å². The Morgan fingerprint density at radius 2 is 1.47 bits per heavy atom. The van der Waals surface area contributed by atoms with E-state index in [1.807, 2.05) is 54.6 Å². The first kappa shape index (κ1) is 36.1. The lowest BCUT2D eigenvalue weighted by Gasteiger charge is -2.49. The Bertz CT molecular complexity index is 2300. The maximum Gasteiger partial charge on any atom is 0.241 e. The molecule has 1 N–H and O–H groups in total. The van der Waals surface area contributed by atoms with Crippen molar-refractivity contribution in [2.24, 2.45) is 29.1 Å². The molecule has 6 atom stereocenters. The van der Waals surface area contributed by atoms with Gasteiger partial charge >= 0.3 is 0 Å². The summed E-state index contributed by atoms with van der Waals surface area (Å²) in [6.07, 6.45) is 6.28. The number of nitrogens with zero attached hydrogens (tertiary/aromatic N) is 2. The lowest BCUT2D eigenvalue weighted by Crippen LogP contribution is -2.48. The van der Waals surface area contributed by atoms with Crippen LogP contribution >= 0.6 is 11.6 Å². The summed E-state index contributed by atoms with van der Waals surface area (Å²) in [6, 6.07) is 24.8. The third-order valence-corrected chi connectivity index (χ3v) is 12.2. The van der Waals surface area contributed by atoms with Crippen molar-refractivity contribution in [1.29, 1.82) is 0 Å². The number of ether oxygens (including phenoxy) is 3. The number of fused-ring (bicyclic) bond motifs is 4. The largest absolute Gasteiger partial charge is 0.503 e. The van der Waals surface area contributed by atoms with Gasteiger partial charge in [0.2, 0.25) is 23.6 Å². The first-order chi connectivity index (χ1) is 26.5. The fourth-order valence-corrected chi connectivity index (χ4v) is 9.50. The minimum absolute atomic E-state index is 0.0295. The number of halogens is 1. The summed E-state index contributed by atoms with van der Waals surface area (Å²) in [4.78, 5) is 60.3. The van der Waals surface area contributed by atoms with Crippen LogP contribution in [-0.4, -0.2) is 50.1 Å². The Kier molecular flexibility index (Phi) is 9.04. The van der Waals surface area contributed by atoms with Crippen molar-refractivity contribution in [3.8, 4) is 23.0 Å². The van der Waals surface area contributed by atoms with Gasteiger partial charge < -0.3 is 19.3 Å². The van der Waals surface area contributed by atoms with Gasteiger partial charge in [0.1, 0.15) is 11.5 Å². The van der Waals surface area contributed by atoms with Gasteiger partial charge in [-0.05, 0) is 91.4 Å². The van der Waals surface area contributed by atoms with Crippen molar-refractivity contribution >= 4 is 58.8 Å². The quantitative estimate of drug-likeness (QED) is 0.110. The van der Waals surface area contributed by atoms with Crippen LogP contribution in [-0.2, 0) is 19.2 Å². The number of hydrogen-bond acceptors (Lipinski definition) is 8. The Labute approximate surface area is 323 Å². The lowest BCUT2D eigenvalue weighted by atomic mass is 9.51. The smallest absolute Gasteiger partial charge is 0.241 e. The normalized spacial score (nSPS) is 25.8. The van der Waals surface area contributed by atoms with Crippen LogP contribution in [0.2, 0.25) is 5.02 Å². The van der Waals surface area contributed by atoms with Gasteiger partial charge in [0.15, 0.2) is 11.5 Å². The molecule has 55 heavy (non-hydrogen) atoms. The number of amides is 4. The molecule has 10 nitrogen and oxygen atoms in total. The molecule has 2 saturated heterocycles. The number of rotatable bonds is 8. The fourth-order valence-electron chi connectivity index (χ4n) is 9.28. The molecule has 280 valence electrons. The Morgan fingerprint density at radius 3 is 2.16 bits per heavy atom. The molecule has 0 bridgehead atoms. The summed E-state index contributed by atoms with van der Waals surface area (Å²) in [7, 11) is 4.61. The van der Waals surface area contributed by atoms with Crippen LogP contribution in [0.25, 0.3) is 12.2 Å². The van der Waals surface area contributed by atoms with E-state index in [0.717, 1.165) is 16.7 Å². The van der Waals surface area contributed by atoms with Crippen LogP contribution in [0.1, 0.15) is 42.4 Å². The minimum atomic E-state index is -1.27. The first-order valence-corrected chi connectivity index (χ1v) is 18.5. The van der Waals surface area contributed by atoms with Gasteiger partial charge in [0.25, 0.3) is 0 Å². The zero-order valence-electron chi connectivity index (χ0n) is 30.7. The van der Waals surface area contributed by atoms with Crippen molar-refractivity contribution < 1.29 is 38.5 Å². The second kappa shape index (κ2) is 13.8. The highest BCUT2D eigenvalue weighted by Gasteiger charge is 2.67. The summed E-state index contributed by atoms with van der Waals surface area (Å²) in [6.45, 7) is 1.80. The molecule has 8 rings (SSSR count). The van der Waals surface area contributed by atoms with E-state index in [4.69, 9.17) is 25.8 Å². The summed E-state index contributed by atoms with van der Waals surface area (Å²) >= 11 is 6.54. The molecule has 4 aromatic carbocycles. The molecule has 4 aromatic rings. The standard InChI is InChI=1S/C44H39ClN2O8/c1-44-33(41(50)47(43(44)52)27-8-6-5-7-9-27)23-32-30(38(44)26-21-34(45)39(48)36(22-26)55-4)17-18-31-37(32)42(51)46(40(31)49)28-14-11-24(12-15-28)10-13-25-20-29(53-2)16-19-35(25)54-3/h5-17,19-22,31-33,37-38,48H,18,23H2,1-4H3. The van der Waals surface area contributed by atoms with Gasteiger partial charge in [-0.15, -0.1) is 0 Å². The van der Waals surface area contributed by atoms with Crippen LogP contribution in [0.4, 0.5) is 11.4 Å². The van der Waals surface area contributed by atoms with Crippen molar-refractivity contribution in [1.82, 2.24) is 0 Å². The van der Waals surface area contributed by atoms with Crippen LogP contribution in [0.15, 0.2) is 96.6 Å². The third-order valence-electron chi connectivity index (χ3n) is 11.9. The molecule has 11 heteroatoms. The number of anilines is 2. The molecule has 0 aromatic heterocycles. The topological polar surface area (TPSA) is 123 Å². The first-order valence-electron chi connectivity index (χ1n) is 18.1. The molecule has 1 saturated carbocycles. The SMILES string of the molecule is COc1ccc(OC)c(C=Cc2ccc(N3C(=O)C4CC=C5C(CC6C(=O)N(c7ccccc7)C(=O)C6(C)C5c5cc(Cl)c(O)c(OC)c5)C4C3=O)cc2)c1. The number of benzene rings is 4. The van der Waals surface area contributed by atoms with Crippen molar-refractivity contribution in [2.45, 2.75) is 25.7 Å². The Hall–Kier alpha value is -5.87. The van der Waals surface area contributed by atoms with Crippen LogP contribution < -0.4 is 24.0 Å². The van der Waals surface area contributed by atoms with E-state index < -0.39 is 35.0 Å². The number of hydrogen-bond donors (Lipinski definition) is 1. The van der Waals surface area contributed by atoms with Gasteiger partial charge in [-0.2, -0.15) is 0 Å². The second-order valence-electron chi connectivity index (χ2n) is 14.6. The molecule has 0 radical (unpaired) electrons. The van der Waals surface area contributed by atoms with Gasteiger partial charge in [0.05, 0.1) is 60.9 Å². The number of aromatic hydroxyl groups is 1. The molecule has 4 amide bonds. The number of para-hydroxylation sites is 1. The fraction of sp³-hybridized carbons (Fsp3) is 0.273. The Balaban J connectivity index is 1.15. The molecule has 3 fully saturated rings. The van der Waals surface area contributed by atoms with Gasteiger partial charge in [-0.25, -0.2) is 4.90 Å². The molecular weight excluding hydrogens is 720 g/mol. The Morgan fingerprint density at radius 1 is 0.764 bits per heavy atom. The van der Waals surface area contributed by atoms with E-state index in [0.29, 0.717) is 28.4 Å². The highest BCUT2D eigenvalue weighted by atomic mass is 35.5. The number of phenolic OH excluding ortho intramolecular Hbond substituents is 1. The summed E-state index contributed by atoms with van der Waals surface area (Å²) in [5.74, 6) is -3.52. The average Bonchev–Trinajstić information content (AvgIpc) is 3.57. The maximum atomic E-state index is 14.7. The summed E-state index contributed by atoms with van der Waals surface area (Å²) in [5, 5.41) is 10.7. The second-order valence-corrected chi connectivity index (χ2v) is 15.0. The highest BCUT2D eigenvalue weighted by molar-refractivity contribution is 6.32. The number of carbonyl (C=O) groups is 4. The van der Waals surface area contributed by atoms with E-state index in [-0.39, 0.29) is 53.0 Å². The predicted molar refractivity (Wildman–Crippen MR) is 208 cm³/mol. The van der Waals surface area contributed by atoms with Crippen LogP contribution in [0.5, 0.6) is 23.0 Å². The number of carbonyl (C=O) groups excluding carboxylic acids is 4. The number of phenols is 1. The van der Waals surface area contributed by atoms with E-state index in [1.54, 1.807) is 69.7 Å². The molecule has 6 unspecified atom stereocenters. The number of imide groups is 2. The molecule has 2 heterocycles. The monoisotopic (exact) mass is 758 g/mol. The van der Waals surface area contributed by atoms with Crippen molar-refractivity contribution in [3.63, 3.8) is 0 Å². The van der Waals surface area contributed by atoms with E-state index in [1.165, 1.54) is 16.9 Å². The van der Waals surface area contributed by atoms with Gasteiger partial charge in [0, 0.05) is 11.5 Å². The van der Waals surface area contributed by atoms with Gasteiger partial charge in [-0.3, -0.25) is 24.1 Å². The molecule has 2 aliphatic heterocycles. The van der Waals surface area contributed by atoms with E-state index in [9.17, 15) is 24.3 Å². The van der Waals surface area contributed by atoms with Crippen LogP contribution in [0.3, 0.4) is 0 Å². The molecule has 4 aliphatic rings. The van der Waals surface area contributed by atoms with E-state index >= 15 is 0 Å². The number of allylic oxidation sites excluding steroid dienone is 2.